The van der Waals surface area contributed by atoms with Gasteiger partial charge in [-0.25, -0.2) is 5.43 Å². The predicted molar refractivity (Wildman–Crippen MR) is 130 cm³/mol. The monoisotopic (exact) mass is 477 g/mol. The number of carbonyl (C=O) groups excluding carboxylic acids is 1. The number of amides is 1. The van der Waals surface area contributed by atoms with Crippen molar-refractivity contribution < 1.29 is 4.79 Å². The summed E-state index contributed by atoms with van der Waals surface area (Å²) < 4.78 is 0. The average molecular weight is 479 g/mol. The summed E-state index contributed by atoms with van der Waals surface area (Å²) in [6, 6.07) is 10.7. The summed E-state index contributed by atoms with van der Waals surface area (Å²) >= 11 is 18.3. The van der Waals surface area contributed by atoms with Gasteiger partial charge >= 0.3 is 0 Å². The van der Waals surface area contributed by atoms with Crippen LogP contribution in [0.2, 0.25) is 15.1 Å². The van der Waals surface area contributed by atoms with Gasteiger partial charge in [0.25, 0.3) is 5.91 Å². The molecular weight excluding hydrogens is 453 g/mol. The van der Waals surface area contributed by atoms with Crippen molar-refractivity contribution in [3.8, 4) is 0 Å². The van der Waals surface area contributed by atoms with Gasteiger partial charge in [0, 0.05) is 29.9 Å². The summed E-state index contributed by atoms with van der Waals surface area (Å²) in [7, 11) is 0. The van der Waals surface area contributed by atoms with Crippen LogP contribution in [0.5, 0.6) is 0 Å². The Morgan fingerprint density at radius 1 is 0.903 bits per heavy atom. The molecule has 1 aliphatic carbocycles. The first-order valence-electron chi connectivity index (χ1n) is 10.8. The SMILES string of the molecule is O=C(NN=Cc1ccc(N2CCC3(CCCCC3)CC2)cc1Cl)c1ccc(Cl)c(Cl)c1. The second-order valence-electron chi connectivity index (χ2n) is 8.58. The van der Waals surface area contributed by atoms with Gasteiger partial charge in [0.15, 0.2) is 0 Å². The third kappa shape index (κ3) is 5.36. The van der Waals surface area contributed by atoms with E-state index in [2.05, 4.69) is 21.5 Å². The van der Waals surface area contributed by atoms with Crippen LogP contribution in [0.3, 0.4) is 0 Å². The van der Waals surface area contributed by atoms with Gasteiger partial charge in [0.05, 0.1) is 21.3 Å². The average Bonchev–Trinajstić information content (AvgIpc) is 2.78. The van der Waals surface area contributed by atoms with Crippen molar-refractivity contribution in [2.24, 2.45) is 10.5 Å². The molecule has 2 fully saturated rings. The van der Waals surface area contributed by atoms with E-state index in [1.54, 1.807) is 18.3 Å². The molecule has 2 aromatic carbocycles. The van der Waals surface area contributed by atoms with Crippen molar-refractivity contribution in [3.63, 3.8) is 0 Å². The lowest BCUT2D eigenvalue weighted by Gasteiger charge is -2.45. The molecule has 1 spiro atoms. The first-order chi connectivity index (χ1) is 15.0. The maximum atomic E-state index is 12.2. The summed E-state index contributed by atoms with van der Waals surface area (Å²) in [4.78, 5) is 14.6. The normalized spacial score (nSPS) is 18.5. The second kappa shape index (κ2) is 9.81. The number of rotatable bonds is 4. The van der Waals surface area contributed by atoms with Gasteiger partial charge in [0.2, 0.25) is 0 Å². The van der Waals surface area contributed by atoms with Gasteiger partial charge < -0.3 is 4.90 Å². The van der Waals surface area contributed by atoms with Crippen molar-refractivity contribution in [2.45, 2.75) is 44.9 Å². The number of anilines is 1. The fourth-order valence-electron chi connectivity index (χ4n) is 4.72. The molecular formula is C24H26Cl3N3O. The van der Waals surface area contributed by atoms with Gasteiger partial charge in [0.1, 0.15) is 0 Å². The van der Waals surface area contributed by atoms with E-state index < -0.39 is 0 Å². The van der Waals surface area contributed by atoms with Gasteiger partial charge in [-0.1, -0.05) is 54.1 Å². The fourth-order valence-corrected chi connectivity index (χ4v) is 5.24. The number of hydrazone groups is 1. The van der Waals surface area contributed by atoms with Crippen LogP contribution in [-0.4, -0.2) is 25.2 Å². The number of halogens is 3. The van der Waals surface area contributed by atoms with Crippen LogP contribution < -0.4 is 10.3 Å². The van der Waals surface area contributed by atoms with E-state index in [0.29, 0.717) is 26.0 Å². The van der Waals surface area contributed by atoms with Crippen molar-refractivity contribution in [1.82, 2.24) is 5.43 Å². The molecule has 1 saturated heterocycles. The smallest absolute Gasteiger partial charge is 0.271 e. The minimum absolute atomic E-state index is 0.323. The highest BCUT2D eigenvalue weighted by molar-refractivity contribution is 6.42. The first kappa shape index (κ1) is 22.4. The number of nitrogens with zero attached hydrogens (tertiary/aromatic N) is 2. The predicted octanol–water partition coefficient (Wildman–Crippen LogP) is 6.96. The Hall–Kier alpha value is -1.75. The van der Waals surface area contributed by atoms with E-state index in [9.17, 15) is 4.79 Å². The molecule has 7 heteroatoms. The first-order valence-corrected chi connectivity index (χ1v) is 11.9. The Morgan fingerprint density at radius 2 is 1.65 bits per heavy atom. The van der Waals surface area contributed by atoms with E-state index in [4.69, 9.17) is 34.8 Å². The summed E-state index contributed by atoms with van der Waals surface area (Å²) in [6.45, 7) is 2.17. The Morgan fingerprint density at radius 3 is 2.32 bits per heavy atom. The minimum Gasteiger partial charge on any atom is -0.371 e. The molecule has 0 atom stereocenters. The molecule has 164 valence electrons. The maximum absolute atomic E-state index is 12.2. The number of carbonyl (C=O) groups is 1. The van der Waals surface area contributed by atoms with Crippen LogP contribution in [-0.2, 0) is 0 Å². The molecule has 2 aliphatic rings. The maximum Gasteiger partial charge on any atom is 0.271 e. The number of hydrogen-bond acceptors (Lipinski definition) is 3. The van der Waals surface area contributed by atoms with Gasteiger partial charge in [-0.3, -0.25) is 4.79 Å². The molecule has 0 aromatic heterocycles. The van der Waals surface area contributed by atoms with Crippen molar-refractivity contribution in [1.29, 1.82) is 0 Å². The topological polar surface area (TPSA) is 44.7 Å². The highest BCUT2D eigenvalue weighted by Gasteiger charge is 2.35. The van der Waals surface area contributed by atoms with Gasteiger partial charge in [-0.15, -0.1) is 0 Å². The van der Waals surface area contributed by atoms with Crippen LogP contribution in [0.15, 0.2) is 41.5 Å². The number of benzene rings is 2. The van der Waals surface area contributed by atoms with Gasteiger partial charge in [-0.05, 0) is 67.5 Å². The lowest BCUT2D eigenvalue weighted by Crippen LogP contribution is -2.41. The van der Waals surface area contributed by atoms with E-state index in [0.717, 1.165) is 24.3 Å². The molecule has 1 aliphatic heterocycles. The Kier molecular flexibility index (Phi) is 7.10. The quantitative estimate of drug-likeness (QED) is 0.381. The highest BCUT2D eigenvalue weighted by Crippen LogP contribution is 2.45. The molecule has 4 nitrogen and oxygen atoms in total. The van der Waals surface area contributed by atoms with Crippen molar-refractivity contribution in [2.75, 3.05) is 18.0 Å². The summed E-state index contributed by atoms with van der Waals surface area (Å²) in [5.74, 6) is -0.368. The largest absolute Gasteiger partial charge is 0.371 e. The molecule has 0 radical (unpaired) electrons. The fraction of sp³-hybridized carbons (Fsp3) is 0.417. The Balaban J connectivity index is 1.35. The summed E-state index contributed by atoms with van der Waals surface area (Å²) in [5, 5.41) is 5.37. The molecule has 1 heterocycles. The number of hydrogen-bond donors (Lipinski definition) is 1. The minimum atomic E-state index is -0.368. The number of nitrogens with one attached hydrogen (secondary N) is 1. The van der Waals surface area contributed by atoms with Crippen LogP contribution >= 0.6 is 34.8 Å². The molecule has 4 rings (SSSR count). The second-order valence-corrected chi connectivity index (χ2v) is 9.80. The zero-order chi connectivity index (χ0) is 21.8. The number of piperidine rings is 1. The molecule has 2 aromatic rings. The molecule has 1 saturated carbocycles. The lowest BCUT2D eigenvalue weighted by molar-refractivity contribution is 0.0955. The van der Waals surface area contributed by atoms with Crippen LogP contribution in [0.25, 0.3) is 0 Å². The van der Waals surface area contributed by atoms with Crippen molar-refractivity contribution in [3.05, 3.63) is 62.6 Å². The summed E-state index contributed by atoms with van der Waals surface area (Å²) in [5.41, 5.74) is 5.35. The van der Waals surface area contributed by atoms with E-state index in [1.807, 2.05) is 12.1 Å². The zero-order valence-corrected chi connectivity index (χ0v) is 19.6. The highest BCUT2D eigenvalue weighted by atomic mass is 35.5. The van der Waals surface area contributed by atoms with Crippen LogP contribution in [0.4, 0.5) is 5.69 Å². The lowest BCUT2D eigenvalue weighted by atomic mass is 9.68. The molecule has 0 unspecified atom stereocenters. The van der Waals surface area contributed by atoms with E-state index >= 15 is 0 Å². The molecule has 1 N–H and O–H groups in total. The van der Waals surface area contributed by atoms with Gasteiger partial charge in [-0.2, -0.15) is 5.10 Å². The third-order valence-electron chi connectivity index (χ3n) is 6.64. The molecule has 31 heavy (non-hydrogen) atoms. The van der Waals surface area contributed by atoms with Crippen LogP contribution in [0.1, 0.15) is 60.9 Å². The molecule has 0 bridgehead atoms. The third-order valence-corrected chi connectivity index (χ3v) is 7.71. The standard InChI is InChI=1S/C24H26Cl3N3O/c25-20-7-5-17(14-22(20)27)23(31)29-28-16-18-4-6-19(15-21(18)26)30-12-10-24(11-13-30)8-2-1-3-9-24/h4-7,14-16H,1-3,8-13H2,(H,29,31). The summed E-state index contributed by atoms with van der Waals surface area (Å²) in [6.07, 6.45) is 11.1. The van der Waals surface area contributed by atoms with E-state index in [-0.39, 0.29) is 5.91 Å². The Bertz CT molecular complexity index is 976. The van der Waals surface area contributed by atoms with E-state index in [1.165, 1.54) is 51.0 Å². The zero-order valence-electron chi connectivity index (χ0n) is 17.3. The van der Waals surface area contributed by atoms with Crippen molar-refractivity contribution >= 4 is 52.6 Å². The Labute approximate surface area is 198 Å². The van der Waals surface area contributed by atoms with Crippen LogP contribution in [0, 0.1) is 5.41 Å². The molecule has 1 amide bonds.